The molecular weight excluding hydrogens is 359 g/mol. The molecule has 1 aliphatic heterocycles. The van der Waals surface area contributed by atoms with Gasteiger partial charge in [0, 0.05) is 51.5 Å². The Kier molecular flexibility index (Phi) is 6.57. The largest absolute Gasteiger partial charge is 0.497 e. The summed E-state index contributed by atoms with van der Waals surface area (Å²) in [6.45, 7) is 4.00. The fourth-order valence-electron chi connectivity index (χ4n) is 3.32. The minimum atomic E-state index is -0.358. The SMILES string of the molecule is CN=C(NCc1ccc(OC)c(F)c1)N1CCN(c2cccc(OC)c2)CC1. The lowest BCUT2D eigenvalue weighted by atomic mass is 10.2. The smallest absolute Gasteiger partial charge is 0.194 e. The van der Waals surface area contributed by atoms with Gasteiger partial charge < -0.3 is 24.6 Å². The van der Waals surface area contributed by atoms with Crippen LogP contribution in [0.25, 0.3) is 0 Å². The number of piperazine rings is 1. The molecule has 0 radical (unpaired) electrons. The summed E-state index contributed by atoms with van der Waals surface area (Å²) in [4.78, 5) is 8.94. The molecule has 2 aromatic rings. The number of guanidine groups is 1. The fraction of sp³-hybridized carbons (Fsp3) is 0.381. The third kappa shape index (κ3) is 4.65. The number of methoxy groups -OCH3 is 2. The number of anilines is 1. The fourth-order valence-corrected chi connectivity index (χ4v) is 3.32. The Morgan fingerprint density at radius 2 is 1.86 bits per heavy atom. The molecule has 3 rings (SSSR count). The summed E-state index contributed by atoms with van der Waals surface area (Å²) >= 11 is 0. The third-order valence-electron chi connectivity index (χ3n) is 4.88. The van der Waals surface area contributed by atoms with Crippen molar-refractivity contribution in [1.29, 1.82) is 0 Å². The number of rotatable bonds is 5. The van der Waals surface area contributed by atoms with Crippen LogP contribution in [0.5, 0.6) is 11.5 Å². The Bertz CT molecular complexity index is 820. The number of benzene rings is 2. The summed E-state index contributed by atoms with van der Waals surface area (Å²) in [6.07, 6.45) is 0. The van der Waals surface area contributed by atoms with E-state index >= 15 is 0 Å². The van der Waals surface area contributed by atoms with Crippen LogP contribution in [0.2, 0.25) is 0 Å². The average Bonchev–Trinajstić information content (AvgIpc) is 2.75. The minimum Gasteiger partial charge on any atom is -0.497 e. The third-order valence-corrected chi connectivity index (χ3v) is 4.88. The van der Waals surface area contributed by atoms with Crippen molar-refractivity contribution in [3.05, 3.63) is 53.8 Å². The minimum absolute atomic E-state index is 0.252. The number of nitrogens with one attached hydrogen (secondary N) is 1. The van der Waals surface area contributed by atoms with Gasteiger partial charge in [-0.3, -0.25) is 4.99 Å². The molecule has 6 nitrogen and oxygen atoms in total. The van der Waals surface area contributed by atoms with Crippen LogP contribution in [0.15, 0.2) is 47.5 Å². The van der Waals surface area contributed by atoms with E-state index in [2.05, 4.69) is 32.2 Å². The van der Waals surface area contributed by atoms with Crippen LogP contribution in [0.3, 0.4) is 0 Å². The maximum atomic E-state index is 13.9. The number of hydrogen-bond acceptors (Lipinski definition) is 4. The molecule has 150 valence electrons. The van der Waals surface area contributed by atoms with Gasteiger partial charge in [0.15, 0.2) is 17.5 Å². The van der Waals surface area contributed by atoms with Gasteiger partial charge in [-0.15, -0.1) is 0 Å². The Hall–Kier alpha value is -2.96. The highest BCUT2D eigenvalue weighted by atomic mass is 19.1. The predicted octanol–water partition coefficient (Wildman–Crippen LogP) is 2.74. The van der Waals surface area contributed by atoms with Crippen molar-refractivity contribution in [1.82, 2.24) is 10.2 Å². The van der Waals surface area contributed by atoms with Crippen molar-refractivity contribution in [2.24, 2.45) is 4.99 Å². The van der Waals surface area contributed by atoms with Gasteiger partial charge in [-0.05, 0) is 29.8 Å². The highest BCUT2D eigenvalue weighted by Crippen LogP contribution is 2.22. The Morgan fingerprint density at radius 1 is 1.07 bits per heavy atom. The van der Waals surface area contributed by atoms with Gasteiger partial charge in [0.2, 0.25) is 0 Å². The molecule has 0 unspecified atom stereocenters. The van der Waals surface area contributed by atoms with E-state index < -0.39 is 0 Å². The lowest BCUT2D eigenvalue weighted by Gasteiger charge is -2.37. The maximum Gasteiger partial charge on any atom is 0.194 e. The van der Waals surface area contributed by atoms with Crippen molar-refractivity contribution in [2.45, 2.75) is 6.54 Å². The molecule has 0 saturated carbocycles. The summed E-state index contributed by atoms with van der Waals surface area (Å²) in [6, 6.07) is 13.1. The van der Waals surface area contributed by atoms with E-state index in [1.807, 2.05) is 18.2 Å². The number of aliphatic imine (C=N–C) groups is 1. The topological polar surface area (TPSA) is 49.3 Å². The van der Waals surface area contributed by atoms with Crippen molar-refractivity contribution in [3.8, 4) is 11.5 Å². The number of nitrogens with zero attached hydrogens (tertiary/aromatic N) is 3. The van der Waals surface area contributed by atoms with Crippen LogP contribution < -0.4 is 19.7 Å². The summed E-state index contributed by atoms with van der Waals surface area (Å²) in [5.74, 6) is 1.58. The molecule has 2 aromatic carbocycles. The lowest BCUT2D eigenvalue weighted by molar-refractivity contribution is 0.371. The molecule has 1 N–H and O–H groups in total. The van der Waals surface area contributed by atoms with E-state index in [1.165, 1.54) is 13.2 Å². The Balaban J connectivity index is 1.55. The van der Waals surface area contributed by atoms with E-state index in [-0.39, 0.29) is 11.6 Å². The van der Waals surface area contributed by atoms with E-state index in [0.29, 0.717) is 6.54 Å². The van der Waals surface area contributed by atoms with E-state index in [9.17, 15) is 4.39 Å². The van der Waals surface area contributed by atoms with Gasteiger partial charge in [-0.1, -0.05) is 12.1 Å². The maximum absolute atomic E-state index is 13.9. The van der Waals surface area contributed by atoms with Crippen molar-refractivity contribution >= 4 is 11.6 Å². The van der Waals surface area contributed by atoms with Gasteiger partial charge in [0.25, 0.3) is 0 Å². The zero-order chi connectivity index (χ0) is 19.9. The average molecular weight is 386 g/mol. The number of ether oxygens (including phenoxy) is 2. The molecule has 0 aliphatic carbocycles. The zero-order valence-corrected chi connectivity index (χ0v) is 16.6. The van der Waals surface area contributed by atoms with Crippen LogP contribution in [-0.2, 0) is 6.54 Å². The van der Waals surface area contributed by atoms with Crippen LogP contribution in [-0.4, -0.2) is 58.3 Å². The first-order valence-corrected chi connectivity index (χ1v) is 9.31. The van der Waals surface area contributed by atoms with Crippen molar-refractivity contribution < 1.29 is 13.9 Å². The zero-order valence-electron chi connectivity index (χ0n) is 16.6. The van der Waals surface area contributed by atoms with Gasteiger partial charge in [-0.2, -0.15) is 0 Å². The van der Waals surface area contributed by atoms with Gasteiger partial charge in [0.05, 0.1) is 14.2 Å². The summed E-state index contributed by atoms with van der Waals surface area (Å²) in [5.41, 5.74) is 2.00. The molecule has 1 heterocycles. The van der Waals surface area contributed by atoms with Crippen LogP contribution in [0, 0.1) is 5.82 Å². The van der Waals surface area contributed by atoms with Crippen LogP contribution >= 0.6 is 0 Å². The number of hydrogen-bond donors (Lipinski definition) is 1. The monoisotopic (exact) mass is 386 g/mol. The second-order valence-corrected chi connectivity index (χ2v) is 6.55. The predicted molar refractivity (Wildman–Crippen MR) is 110 cm³/mol. The first-order valence-electron chi connectivity index (χ1n) is 9.31. The number of halogens is 1. The molecule has 7 heteroatoms. The Morgan fingerprint density at radius 3 is 2.50 bits per heavy atom. The Labute approximate surface area is 165 Å². The van der Waals surface area contributed by atoms with Crippen molar-refractivity contribution in [2.75, 3.05) is 52.3 Å². The van der Waals surface area contributed by atoms with Crippen LogP contribution in [0.1, 0.15) is 5.56 Å². The van der Waals surface area contributed by atoms with Gasteiger partial charge in [-0.25, -0.2) is 4.39 Å². The molecule has 0 aromatic heterocycles. The summed E-state index contributed by atoms with van der Waals surface area (Å²) < 4.78 is 24.1. The highest BCUT2D eigenvalue weighted by Gasteiger charge is 2.20. The van der Waals surface area contributed by atoms with E-state index in [4.69, 9.17) is 9.47 Å². The summed E-state index contributed by atoms with van der Waals surface area (Å²) in [5, 5.41) is 3.32. The molecule has 0 spiro atoms. The normalized spacial score (nSPS) is 14.8. The molecular formula is C21H27FN4O2. The van der Waals surface area contributed by atoms with Crippen molar-refractivity contribution in [3.63, 3.8) is 0 Å². The molecule has 1 fully saturated rings. The summed E-state index contributed by atoms with van der Waals surface area (Å²) in [7, 11) is 4.91. The molecule has 1 aliphatic rings. The molecule has 1 saturated heterocycles. The highest BCUT2D eigenvalue weighted by molar-refractivity contribution is 5.80. The lowest BCUT2D eigenvalue weighted by Crippen LogP contribution is -2.52. The first kappa shape index (κ1) is 19.8. The van der Waals surface area contributed by atoms with Gasteiger partial charge in [0.1, 0.15) is 5.75 Å². The molecule has 0 bridgehead atoms. The first-order chi connectivity index (χ1) is 13.6. The van der Waals surface area contributed by atoms with Crippen LogP contribution in [0.4, 0.5) is 10.1 Å². The molecule has 0 atom stereocenters. The second-order valence-electron chi connectivity index (χ2n) is 6.55. The standard InChI is InChI=1S/C21H27FN4O2/c1-23-21(24-15-16-7-8-20(28-3)19(22)13-16)26-11-9-25(10-12-26)17-5-4-6-18(14-17)27-2/h4-8,13-14H,9-12,15H2,1-3H3,(H,23,24). The van der Waals surface area contributed by atoms with Gasteiger partial charge >= 0.3 is 0 Å². The molecule has 0 amide bonds. The molecule has 28 heavy (non-hydrogen) atoms. The van der Waals surface area contributed by atoms with E-state index in [1.54, 1.807) is 20.2 Å². The quantitative estimate of drug-likeness (QED) is 0.633. The van der Waals surface area contributed by atoms with E-state index in [0.717, 1.165) is 49.1 Å². The second kappa shape index (κ2) is 9.30.